The molecular formula is C10H20N2OS. The summed E-state index contributed by atoms with van der Waals surface area (Å²) in [4.78, 5) is 2.41. The zero-order valence-corrected chi connectivity index (χ0v) is 9.48. The first-order valence-corrected chi connectivity index (χ1v) is 6.67. The number of rotatable bonds is 2. The summed E-state index contributed by atoms with van der Waals surface area (Å²) in [5.74, 6) is 2.45. The van der Waals surface area contributed by atoms with Gasteiger partial charge in [-0.2, -0.15) is 11.8 Å². The number of β-amino-alcohol motifs (C(OH)–C–C–N with tert-alkyl or cyclic N) is 1. The summed E-state index contributed by atoms with van der Waals surface area (Å²) in [6, 6.07) is 0. The van der Waals surface area contributed by atoms with E-state index in [-0.39, 0.29) is 0 Å². The van der Waals surface area contributed by atoms with Gasteiger partial charge in [0.1, 0.15) is 0 Å². The van der Waals surface area contributed by atoms with Gasteiger partial charge in [0.2, 0.25) is 0 Å². The second-order valence-electron chi connectivity index (χ2n) is 4.39. The van der Waals surface area contributed by atoms with Crippen molar-refractivity contribution in [2.75, 3.05) is 44.2 Å². The average molecular weight is 216 g/mol. The average Bonchev–Trinajstić information content (AvgIpc) is 2.19. The number of piperidine rings is 1. The molecule has 4 heteroatoms. The fourth-order valence-corrected chi connectivity index (χ4v) is 3.24. The van der Waals surface area contributed by atoms with Crippen molar-refractivity contribution in [3.63, 3.8) is 0 Å². The molecule has 0 amide bonds. The maximum Gasteiger partial charge on any atom is 0.0898 e. The van der Waals surface area contributed by atoms with Gasteiger partial charge in [0.25, 0.3) is 0 Å². The Hall–Kier alpha value is 0.230. The molecule has 0 aromatic carbocycles. The van der Waals surface area contributed by atoms with E-state index in [0.29, 0.717) is 0 Å². The van der Waals surface area contributed by atoms with Gasteiger partial charge in [-0.25, -0.2) is 0 Å². The molecule has 82 valence electrons. The Morgan fingerprint density at radius 3 is 2.79 bits per heavy atom. The SMILES string of the molecule is OC1(CN2CCSCC2)CCCNC1. The van der Waals surface area contributed by atoms with Gasteiger partial charge in [-0.15, -0.1) is 0 Å². The molecule has 2 heterocycles. The molecule has 0 radical (unpaired) electrons. The van der Waals surface area contributed by atoms with Crippen molar-refractivity contribution in [3.05, 3.63) is 0 Å². The number of nitrogens with zero attached hydrogens (tertiary/aromatic N) is 1. The number of aliphatic hydroxyl groups is 1. The molecule has 2 rings (SSSR count). The lowest BCUT2D eigenvalue weighted by Gasteiger charge is -2.38. The zero-order chi connectivity index (χ0) is 9.86. The van der Waals surface area contributed by atoms with Crippen LogP contribution in [0.25, 0.3) is 0 Å². The minimum Gasteiger partial charge on any atom is -0.387 e. The summed E-state index contributed by atoms with van der Waals surface area (Å²) in [7, 11) is 0. The molecule has 0 bridgehead atoms. The lowest BCUT2D eigenvalue weighted by atomic mass is 9.93. The van der Waals surface area contributed by atoms with E-state index < -0.39 is 5.60 Å². The van der Waals surface area contributed by atoms with Gasteiger partial charge in [0, 0.05) is 37.7 Å². The van der Waals surface area contributed by atoms with Crippen LogP contribution in [0.2, 0.25) is 0 Å². The van der Waals surface area contributed by atoms with Gasteiger partial charge in [0.15, 0.2) is 0 Å². The van der Waals surface area contributed by atoms with Crippen LogP contribution in [-0.4, -0.2) is 59.8 Å². The van der Waals surface area contributed by atoms with E-state index in [1.807, 2.05) is 11.8 Å². The van der Waals surface area contributed by atoms with Crippen molar-refractivity contribution >= 4 is 11.8 Å². The van der Waals surface area contributed by atoms with Crippen molar-refractivity contribution in [1.82, 2.24) is 10.2 Å². The van der Waals surface area contributed by atoms with Crippen LogP contribution in [0.1, 0.15) is 12.8 Å². The van der Waals surface area contributed by atoms with Crippen molar-refractivity contribution in [1.29, 1.82) is 0 Å². The Bertz CT molecular complexity index is 177. The summed E-state index contributed by atoms with van der Waals surface area (Å²) in [5.41, 5.74) is -0.458. The molecule has 0 aromatic rings. The fraction of sp³-hybridized carbons (Fsp3) is 1.00. The summed E-state index contributed by atoms with van der Waals surface area (Å²) in [6.07, 6.45) is 2.07. The third kappa shape index (κ3) is 2.86. The van der Waals surface area contributed by atoms with E-state index in [2.05, 4.69) is 10.2 Å². The van der Waals surface area contributed by atoms with Gasteiger partial charge in [-0.3, -0.25) is 4.90 Å². The van der Waals surface area contributed by atoms with E-state index >= 15 is 0 Å². The molecule has 0 aromatic heterocycles. The first-order valence-electron chi connectivity index (χ1n) is 5.52. The highest BCUT2D eigenvalue weighted by atomic mass is 32.2. The Kier molecular flexibility index (Phi) is 3.71. The number of thioether (sulfide) groups is 1. The number of nitrogens with one attached hydrogen (secondary N) is 1. The monoisotopic (exact) mass is 216 g/mol. The molecule has 3 nitrogen and oxygen atoms in total. The van der Waals surface area contributed by atoms with E-state index in [1.54, 1.807) is 0 Å². The lowest BCUT2D eigenvalue weighted by molar-refractivity contribution is -0.0132. The van der Waals surface area contributed by atoms with Gasteiger partial charge >= 0.3 is 0 Å². The predicted molar refractivity (Wildman–Crippen MR) is 60.8 cm³/mol. The zero-order valence-electron chi connectivity index (χ0n) is 8.67. The Morgan fingerprint density at radius 2 is 2.14 bits per heavy atom. The second-order valence-corrected chi connectivity index (χ2v) is 5.62. The number of hydrogen-bond donors (Lipinski definition) is 2. The van der Waals surface area contributed by atoms with Crippen LogP contribution < -0.4 is 5.32 Å². The Balaban J connectivity index is 1.81. The number of hydrogen-bond acceptors (Lipinski definition) is 4. The Labute approximate surface area is 90.2 Å². The van der Waals surface area contributed by atoms with E-state index in [9.17, 15) is 5.11 Å². The summed E-state index contributed by atoms with van der Waals surface area (Å²) in [6.45, 7) is 5.00. The van der Waals surface area contributed by atoms with Crippen molar-refractivity contribution in [2.45, 2.75) is 18.4 Å². The van der Waals surface area contributed by atoms with Crippen LogP contribution in [0.15, 0.2) is 0 Å². The molecule has 0 saturated carbocycles. The molecule has 2 fully saturated rings. The van der Waals surface area contributed by atoms with Gasteiger partial charge < -0.3 is 10.4 Å². The highest BCUT2D eigenvalue weighted by Crippen LogP contribution is 2.19. The summed E-state index contributed by atoms with van der Waals surface area (Å²) in [5, 5.41) is 13.6. The molecule has 0 spiro atoms. The predicted octanol–water partition coefficient (Wildman–Crippen LogP) is 0.150. The molecule has 2 N–H and O–H groups in total. The van der Waals surface area contributed by atoms with E-state index in [4.69, 9.17) is 0 Å². The van der Waals surface area contributed by atoms with E-state index in [1.165, 1.54) is 11.5 Å². The molecule has 1 unspecified atom stereocenters. The molecule has 14 heavy (non-hydrogen) atoms. The first-order chi connectivity index (χ1) is 6.79. The third-order valence-electron chi connectivity index (χ3n) is 3.07. The first kappa shape index (κ1) is 10.7. The topological polar surface area (TPSA) is 35.5 Å². The van der Waals surface area contributed by atoms with Gasteiger partial charge in [-0.1, -0.05) is 0 Å². The minimum atomic E-state index is -0.458. The summed E-state index contributed by atoms with van der Waals surface area (Å²) < 4.78 is 0. The van der Waals surface area contributed by atoms with Gasteiger partial charge in [0.05, 0.1) is 5.60 Å². The molecule has 2 saturated heterocycles. The van der Waals surface area contributed by atoms with Crippen LogP contribution in [0.4, 0.5) is 0 Å². The van der Waals surface area contributed by atoms with Crippen LogP contribution in [0.5, 0.6) is 0 Å². The van der Waals surface area contributed by atoms with Crippen LogP contribution >= 0.6 is 11.8 Å². The smallest absolute Gasteiger partial charge is 0.0898 e. The molecule has 2 aliphatic heterocycles. The van der Waals surface area contributed by atoms with Crippen molar-refractivity contribution in [2.24, 2.45) is 0 Å². The summed E-state index contributed by atoms with van der Waals surface area (Å²) >= 11 is 2.02. The third-order valence-corrected chi connectivity index (χ3v) is 4.01. The standard InChI is InChI=1S/C10H20N2OS/c13-10(2-1-3-11-8-10)9-12-4-6-14-7-5-12/h11,13H,1-9H2. The Morgan fingerprint density at radius 1 is 1.36 bits per heavy atom. The van der Waals surface area contributed by atoms with Crippen LogP contribution in [0, 0.1) is 0 Å². The highest BCUT2D eigenvalue weighted by molar-refractivity contribution is 7.99. The molecule has 1 atom stereocenters. The van der Waals surface area contributed by atoms with Crippen molar-refractivity contribution in [3.8, 4) is 0 Å². The molecule has 0 aliphatic carbocycles. The maximum absolute atomic E-state index is 10.3. The normalized spacial score (nSPS) is 35.8. The van der Waals surface area contributed by atoms with Gasteiger partial charge in [-0.05, 0) is 19.4 Å². The molecular weight excluding hydrogens is 196 g/mol. The minimum absolute atomic E-state index is 0.458. The largest absolute Gasteiger partial charge is 0.387 e. The fourth-order valence-electron chi connectivity index (χ4n) is 2.26. The van der Waals surface area contributed by atoms with Crippen LogP contribution in [0.3, 0.4) is 0 Å². The second kappa shape index (κ2) is 4.84. The van der Waals surface area contributed by atoms with Crippen molar-refractivity contribution < 1.29 is 5.11 Å². The molecule has 2 aliphatic rings. The van der Waals surface area contributed by atoms with Crippen LogP contribution in [-0.2, 0) is 0 Å². The van der Waals surface area contributed by atoms with E-state index in [0.717, 1.165) is 45.6 Å². The lowest BCUT2D eigenvalue weighted by Crippen LogP contribution is -2.54. The highest BCUT2D eigenvalue weighted by Gasteiger charge is 2.31. The maximum atomic E-state index is 10.3. The quantitative estimate of drug-likeness (QED) is 0.689.